The van der Waals surface area contributed by atoms with Crippen LogP contribution >= 0.6 is 15.9 Å². The first kappa shape index (κ1) is 15.3. The van der Waals surface area contributed by atoms with Crippen molar-refractivity contribution >= 4 is 21.8 Å². The maximum atomic E-state index is 12.2. The molecule has 1 heterocycles. The summed E-state index contributed by atoms with van der Waals surface area (Å²) in [7, 11) is 0. The third-order valence-corrected chi connectivity index (χ3v) is 4.34. The molecular weight excluding hydrogens is 322 g/mol. The van der Waals surface area contributed by atoms with Gasteiger partial charge >= 0.3 is 0 Å². The molecule has 2 rings (SSSR count). The van der Waals surface area contributed by atoms with E-state index in [0.29, 0.717) is 12.3 Å². The molecule has 1 aromatic carbocycles. The number of aliphatic hydroxyl groups is 1. The Morgan fingerprint density at radius 2 is 2.30 bits per heavy atom. The number of nitrogens with zero attached hydrogens (tertiary/aromatic N) is 1. The smallest absolute Gasteiger partial charge is 0.260 e. The lowest BCUT2D eigenvalue weighted by atomic mass is 9.93. The highest BCUT2D eigenvalue weighted by molar-refractivity contribution is 9.10. The van der Waals surface area contributed by atoms with E-state index >= 15 is 0 Å². The minimum absolute atomic E-state index is 0.0221. The van der Waals surface area contributed by atoms with Gasteiger partial charge in [-0.15, -0.1) is 0 Å². The van der Waals surface area contributed by atoms with E-state index in [9.17, 15) is 9.90 Å². The van der Waals surface area contributed by atoms with Crippen LogP contribution in [-0.4, -0.2) is 41.7 Å². The third kappa shape index (κ3) is 3.96. The minimum atomic E-state index is -0.366. The van der Waals surface area contributed by atoms with Gasteiger partial charge in [-0.05, 0) is 47.8 Å². The number of likely N-dealkylation sites (tertiary alicyclic amines) is 1. The Bertz CT molecular complexity index is 464. The number of hydrogen-bond donors (Lipinski definition) is 1. The number of para-hydroxylation sites is 1. The average Bonchev–Trinajstić information content (AvgIpc) is 2.46. The molecule has 0 bridgehead atoms. The predicted octanol–water partition coefficient (Wildman–Crippen LogP) is 2.45. The van der Waals surface area contributed by atoms with Crippen LogP contribution in [0.4, 0.5) is 0 Å². The summed E-state index contributed by atoms with van der Waals surface area (Å²) in [6, 6.07) is 7.47. The fourth-order valence-electron chi connectivity index (χ4n) is 2.42. The van der Waals surface area contributed by atoms with Gasteiger partial charge in [0.05, 0.1) is 10.6 Å². The van der Waals surface area contributed by atoms with Crippen LogP contribution in [0, 0.1) is 5.92 Å². The SMILES string of the molecule is C[C@H](O)[C@H]1CCCN(C(=O)COc2ccccc2Br)C1. The molecule has 1 aliphatic rings. The summed E-state index contributed by atoms with van der Waals surface area (Å²) < 4.78 is 6.39. The quantitative estimate of drug-likeness (QED) is 0.914. The molecule has 1 fully saturated rings. The van der Waals surface area contributed by atoms with E-state index in [1.165, 1.54) is 0 Å². The number of piperidine rings is 1. The topological polar surface area (TPSA) is 49.8 Å². The molecule has 0 aromatic heterocycles. The molecule has 0 radical (unpaired) electrons. The zero-order valence-corrected chi connectivity index (χ0v) is 13.2. The summed E-state index contributed by atoms with van der Waals surface area (Å²) >= 11 is 3.39. The van der Waals surface area contributed by atoms with Crippen LogP contribution in [-0.2, 0) is 4.79 Å². The van der Waals surface area contributed by atoms with Crippen molar-refractivity contribution in [2.24, 2.45) is 5.92 Å². The standard InChI is InChI=1S/C15H20BrNO3/c1-11(18)12-5-4-8-17(9-12)15(19)10-20-14-7-3-2-6-13(14)16/h2-3,6-7,11-12,18H,4-5,8-10H2,1H3/t11-,12-/m0/s1. The summed E-state index contributed by atoms with van der Waals surface area (Å²) in [4.78, 5) is 13.9. The van der Waals surface area contributed by atoms with E-state index < -0.39 is 0 Å². The second kappa shape index (κ2) is 7.09. The van der Waals surface area contributed by atoms with E-state index in [2.05, 4.69) is 15.9 Å². The number of carbonyl (C=O) groups is 1. The van der Waals surface area contributed by atoms with Crippen molar-refractivity contribution < 1.29 is 14.6 Å². The van der Waals surface area contributed by atoms with Crippen molar-refractivity contribution in [1.82, 2.24) is 4.90 Å². The van der Waals surface area contributed by atoms with Crippen LogP contribution in [0.15, 0.2) is 28.7 Å². The Balaban J connectivity index is 1.87. The Labute approximate surface area is 127 Å². The maximum absolute atomic E-state index is 12.2. The molecule has 110 valence electrons. The van der Waals surface area contributed by atoms with Crippen LogP contribution in [0.3, 0.4) is 0 Å². The molecule has 0 spiro atoms. The molecule has 1 amide bonds. The van der Waals surface area contributed by atoms with E-state index in [0.717, 1.165) is 23.9 Å². The zero-order valence-electron chi connectivity index (χ0n) is 11.6. The Hall–Kier alpha value is -1.07. The predicted molar refractivity (Wildman–Crippen MR) is 80.6 cm³/mol. The van der Waals surface area contributed by atoms with Crippen LogP contribution in [0.5, 0.6) is 5.75 Å². The van der Waals surface area contributed by atoms with Crippen molar-refractivity contribution in [1.29, 1.82) is 0 Å². The molecule has 5 heteroatoms. The normalized spacial score (nSPS) is 20.6. The van der Waals surface area contributed by atoms with Gasteiger partial charge in [0.25, 0.3) is 5.91 Å². The number of ether oxygens (including phenoxy) is 1. The highest BCUT2D eigenvalue weighted by Gasteiger charge is 2.26. The fourth-order valence-corrected chi connectivity index (χ4v) is 2.82. The molecular formula is C15H20BrNO3. The van der Waals surface area contributed by atoms with E-state index in [4.69, 9.17) is 4.74 Å². The maximum Gasteiger partial charge on any atom is 0.260 e. The molecule has 0 aliphatic carbocycles. The van der Waals surface area contributed by atoms with Gasteiger partial charge in [-0.1, -0.05) is 12.1 Å². The van der Waals surface area contributed by atoms with E-state index in [1.54, 1.807) is 11.8 Å². The second-order valence-electron chi connectivity index (χ2n) is 5.20. The zero-order chi connectivity index (χ0) is 14.5. The summed E-state index contributed by atoms with van der Waals surface area (Å²) in [6.07, 6.45) is 1.55. The molecule has 1 aromatic rings. The highest BCUT2D eigenvalue weighted by atomic mass is 79.9. The lowest BCUT2D eigenvalue weighted by Crippen LogP contribution is -2.44. The third-order valence-electron chi connectivity index (χ3n) is 3.68. The molecule has 4 nitrogen and oxygen atoms in total. The number of aliphatic hydroxyl groups excluding tert-OH is 1. The number of amides is 1. The van der Waals surface area contributed by atoms with Crippen molar-refractivity contribution in [2.75, 3.05) is 19.7 Å². The molecule has 1 saturated heterocycles. The van der Waals surface area contributed by atoms with E-state index in [-0.39, 0.29) is 24.5 Å². The first-order valence-electron chi connectivity index (χ1n) is 6.91. The van der Waals surface area contributed by atoms with Crippen molar-refractivity contribution in [2.45, 2.75) is 25.9 Å². The molecule has 2 atom stereocenters. The van der Waals surface area contributed by atoms with Gasteiger partial charge in [0.2, 0.25) is 0 Å². The van der Waals surface area contributed by atoms with Gasteiger partial charge in [-0.25, -0.2) is 0 Å². The van der Waals surface area contributed by atoms with Gasteiger partial charge < -0.3 is 14.7 Å². The summed E-state index contributed by atoms with van der Waals surface area (Å²) in [5, 5.41) is 9.65. The molecule has 20 heavy (non-hydrogen) atoms. The molecule has 0 unspecified atom stereocenters. The summed E-state index contributed by atoms with van der Waals surface area (Å²) in [6.45, 7) is 3.20. The van der Waals surface area contributed by atoms with Crippen molar-refractivity contribution in [3.05, 3.63) is 28.7 Å². The summed E-state index contributed by atoms with van der Waals surface area (Å²) in [5.41, 5.74) is 0. The number of benzene rings is 1. The van der Waals surface area contributed by atoms with Gasteiger partial charge in [0.1, 0.15) is 5.75 Å². The van der Waals surface area contributed by atoms with Crippen LogP contribution < -0.4 is 4.74 Å². The van der Waals surface area contributed by atoms with Crippen LogP contribution in [0.2, 0.25) is 0 Å². The van der Waals surface area contributed by atoms with Gasteiger partial charge in [-0.3, -0.25) is 4.79 Å². The Morgan fingerprint density at radius 3 is 3.00 bits per heavy atom. The van der Waals surface area contributed by atoms with Crippen molar-refractivity contribution in [3.63, 3.8) is 0 Å². The number of carbonyl (C=O) groups excluding carboxylic acids is 1. The largest absolute Gasteiger partial charge is 0.483 e. The van der Waals surface area contributed by atoms with Gasteiger partial charge in [-0.2, -0.15) is 0 Å². The van der Waals surface area contributed by atoms with E-state index in [1.807, 2.05) is 24.3 Å². The molecule has 0 saturated carbocycles. The number of rotatable bonds is 4. The Kier molecular flexibility index (Phi) is 5.43. The van der Waals surface area contributed by atoms with Gasteiger partial charge in [0.15, 0.2) is 6.61 Å². The number of halogens is 1. The lowest BCUT2D eigenvalue weighted by molar-refractivity contribution is -0.136. The summed E-state index contributed by atoms with van der Waals surface area (Å²) in [5.74, 6) is 0.826. The fraction of sp³-hybridized carbons (Fsp3) is 0.533. The molecule has 1 N–H and O–H groups in total. The Morgan fingerprint density at radius 1 is 1.55 bits per heavy atom. The molecule has 1 aliphatic heterocycles. The van der Waals surface area contributed by atoms with Crippen LogP contribution in [0.1, 0.15) is 19.8 Å². The average molecular weight is 342 g/mol. The van der Waals surface area contributed by atoms with Crippen LogP contribution in [0.25, 0.3) is 0 Å². The number of hydrogen-bond acceptors (Lipinski definition) is 3. The monoisotopic (exact) mass is 341 g/mol. The highest BCUT2D eigenvalue weighted by Crippen LogP contribution is 2.24. The first-order chi connectivity index (χ1) is 9.58. The second-order valence-corrected chi connectivity index (χ2v) is 6.06. The first-order valence-corrected chi connectivity index (χ1v) is 7.70. The van der Waals surface area contributed by atoms with Crippen molar-refractivity contribution in [3.8, 4) is 5.75 Å². The van der Waals surface area contributed by atoms with Gasteiger partial charge in [0, 0.05) is 19.0 Å². The minimum Gasteiger partial charge on any atom is -0.483 e. The lowest BCUT2D eigenvalue weighted by Gasteiger charge is -2.34.